The summed E-state index contributed by atoms with van der Waals surface area (Å²) in [5, 5.41) is 5.46. The van der Waals surface area contributed by atoms with E-state index in [4.69, 9.17) is 0 Å². The van der Waals surface area contributed by atoms with E-state index in [1.807, 2.05) is 19.4 Å². The molecule has 84 valence electrons. The first-order valence-electron chi connectivity index (χ1n) is 5.09. The number of aromatic nitrogens is 1. The van der Waals surface area contributed by atoms with E-state index in [1.165, 1.54) is 10.4 Å². The van der Waals surface area contributed by atoms with E-state index in [0.717, 1.165) is 10.9 Å². The predicted molar refractivity (Wildman–Crippen MR) is 71.8 cm³/mol. The van der Waals surface area contributed by atoms with Gasteiger partial charge in [0.1, 0.15) is 0 Å². The van der Waals surface area contributed by atoms with Crippen molar-refractivity contribution in [3.63, 3.8) is 0 Å². The van der Waals surface area contributed by atoms with Gasteiger partial charge in [-0.1, -0.05) is 0 Å². The minimum atomic E-state index is 0.355. The number of thiophene rings is 1. The topological polar surface area (TPSA) is 24.9 Å². The second-order valence-electron chi connectivity index (χ2n) is 3.56. The molecule has 0 aliphatic heterocycles. The quantitative estimate of drug-likeness (QED) is 0.935. The molecule has 1 unspecified atom stereocenters. The van der Waals surface area contributed by atoms with Gasteiger partial charge in [0, 0.05) is 39.6 Å². The lowest BCUT2D eigenvalue weighted by Crippen LogP contribution is -2.18. The Morgan fingerprint density at radius 3 is 2.75 bits per heavy atom. The number of likely N-dealkylation sites (N-methyl/N-ethyl adjacent to an activating group) is 1. The van der Waals surface area contributed by atoms with Crippen molar-refractivity contribution in [3.8, 4) is 0 Å². The minimum Gasteiger partial charge on any atom is -0.313 e. The number of hydrogen-bond donors (Lipinski definition) is 1. The van der Waals surface area contributed by atoms with Crippen molar-refractivity contribution in [1.29, 1.82) is 0 Å². The van der Waals surface area contributed by atoms with Crippen LogP contribution >= 0.6 is 27.3 Å². The first-order chi connectivity index (χ1) is 7.79. The molecule has 0 saturated carbocycles. The monoisotopic (exact) mass is 296 g/mol. The van der Waals surface area contributed by atoms with E-state index in [2.05, 4.69) is 49.8 Å². The molecule has 0 spiro atoms. The third-order valence-corrected chi connectivity index (χ3v) is 4.20. The summed E-state index contributed by atoms with van der Waals surface area (Å²) in [6.07, 6.45) is 4.69. The lowest BCUT2D eigenvalue weighted by atomic mass is 10.0. The Kier molecular flexibility index (Phi) is 4.09. The zero-order chi connectivity index (χ0) is 11.4. The number of halogens is 1. The van der Waals surface area contributed by atoms with Gasteiger partial charge < -0.3 is 5.32 Å². The summed E-state index contributed by atoms with van der Waals surface area (Å²) in [6.45, 7) is 0. The standard InChI is InChI=1S/C12H13BrN2S/c1-14-12(9-2-4-15-5-3-9)7-11-6-10(13)8-16-11/h2-6,8,12,14H,7H2,1H3. The molecule has 0 radical (unpaired) electrons. The molecule has 2 nitrogen and oxygen atoms in total. The van der Waals surface area contributed by atoms with Gasteiger partial charge in [-0.25, -0.2) is 0 Å². The number of pyridine rings is 1. The number of rotatable bonds is 4. The van der Waals surface area contributed by atoms with Crippen LogP contribution < -0.4 is 5.32 Å². The maximum absolute atomic E-state index is 4.04. The molecule has 0 amide bonds. The van der Waals surface area contributed by atoms with Gasteiger partial charge >= 0.3 is 0 Å². The lowest BCUT2D eigenvalue weighted by Gasteiger charge is -2.15. The maximum atomic E-state index is 4.04. The lowest BCUT2D eigenvalue weighted by molar-refractivity contribution is 0.596. The molecule has 2 aromatic heterocycles. The van der Waals surface area contributed by atoms with Gasteiger partial charge in [-0.2, -0.15) is 0 Å². The Morgan fingerprint density at radius 1 is 1.44 bits per heavy atom. The Morgan fingerprint density at radius 2 is 2.19 bits per heavy atom. The molecule has 4 heteroatoms. The van der Waals surface area contributed by atoms with Crippen LogP contribution in [0.3, 0.4) is 0 Å². The number of hydrogen-bond acceptors (Lipinski definition) is 3. The fraction of sp³-hybridized carbons (Fsp3) is 0.250. The second kappa shape index (κ2) is 5.57. The summed E-state index contributed by atoms with van der Waals surface area (Å²) in [5.74, 6) is 0. The molecule has 16 heavy (non-hydrogen) atoms. The third-order valence-electron chi connectivity index (χ3n) is 2.48. The van der Waals surface area contributed by atoms with Gasteiger partial charge in [0.05, 0.1) is 0 Å². The first-order valence-corrected chi connectivity index (χ1v) is 6.77. The zero-order valence-corrected chi connectivity index (χ0v) is 11.4. The molecule has 0 aliphatic rings. The molecule has 1 N–H and O–H groups in total. The van der Waals surface area contributed by atoms with Gasteiger partial charge in [0.25, 0.3) is 0 Å². The van der Waals surface area contributed by atoms with Gasteiger partial charge in [-0.3, -0.25) is 4.98 Å². The Balaban J connectivity index is 2.12. The van der Waals surface area contributed by atoms with Gasteiger partial charge in [0.2, 0.25) is 0 Å². The highest BCUT2D eigenvalue weighted by molar-refractivity contribution is 9.10. The molecule has 1 atom stereocenters. The molecule has 2 rings (SSSR count). The fourth-order valence-corrected chi connectivity index (χ4v) is 3.14. The molecule has 2 aromatic rings. The normalized spacial score (nSPS) is 12.6. The van der Waals surface area contributed by atoms with Crippen molar-refractivity contribution in [1.82, 2.24) is 10.3 Å². The van der Waals surface area contributed by atoms with Gasteiger partial charge in [-0.15, -0.1) is 11.3 Å². The van der Waals surface area contributed by atoms with Gasteiger partial charge in [-0.05, 0) is 46.7 Å². The fourth-order valence-electron chi connectivity index (χ4n) is 1.64. The molecule has 2 heterocycles. The van der Waals surface area contributed by atoms with Crippen LogP contribution in [0.1, 0.15) is 16.5 Å². The summed E-state index contributed by atoms with van der Waals surface area (Å²) in [7, 11) is 1.99. The third kappa shape index (κ3) is 2.90. The van der Waals surface area contributed by atoms with Gasteiger partial charge in [0.15, 0.2) is 0 Å². The second-order valence-corrected chi connectivity index (χ2v) is 5.47. The average molecular weight is 297 g/mol. The number of nitrogens with one attached hydrogen (secondary N) is 1. The summed E-state index contributed by atoms with van der Waals surface area (Å²) in [5.41, 5.74) is 1.28. The molecule has 0 bridgehead atoms. The highest BCUT2D eigenvalue weighted by Gasteiger charge is 2.10. The van der Waals surface area contributed by atoms with E-state index in [-0.39, 0.29) is 0 Å². The van der Waals surface area contributed by atoms with Crippen molar-refractivity contribution in [3.05, 3.63) is 50.9 Å². The average Bonchev–Trinajstić information content (AvgIpc) is 2.73. The minimum absolute atomic E-state index is 0.355. The molecule has 0 aromatic carbocycles. The van der Waals surface area contributed by atoms with Crippen molar-refractivity contribution in [2.24, 2.45) is 0 Å². The van der Waals surface area contributed by atoms with Crippen molar-refractivity contribution in [2.45, 2.75) is 12.5 Å². The highest BCUT2D eigenvalue weighted by Crippen LogP contribution is 2.25. The first kappa shape index (κ1) is 11.8. The van der Waals surface area contributed by atoms with Crippen LogP contribution in [0, 0.1) is 0 Å². The van der Waals surface area contributed by atoms with Crippen LogP contribution in [-0.4, -0.2) is 12.0 Å². The highest BCUT2D eigenvalue weighted by atomic mass is 79.9. The zero-order valence-electron chi connectivity index (χ0n) is 8.98. The largest absolute Gasteiger partial charge is 0.313 e. The molecule has 0 saturated heterocycles. The smallest absolute Gasteiger partial charge is 0.0367 e. The molecule has 0 fully saturated rings. The Labute approximate surface area is 108 Å². The summed E-state index contributed by atoms with van der Waals surface area (Å²) >= 11 is 5.27. The molecular weight excluding hydrogens is 284 g/mol. The van der Waals surface area contributed by atoms with Crippen molar-refractivity contribution >= 4 is 27.3 Å². The van der Waals surface area contributed by atoms with Crippen molar-refractivity contribution in [2.75, 3.05) is 7.05 Å². The predicted octanol–water partition coefficient (Wildman–Crippen LogP) is 3.41. The van der Waals surface area contributed by atoms with Crippen LogP contribution in [-0.2, 0) is 6.42 Å². The molecule has 0 aliphatic carbocycles. The molecular formula is C12H13BrN2S. The van der Waals surface area contributed by atoms with Crippen LogP contribution in [0.2, 0.25) is 0 Å². The van der Waals surface area contributed by atoms with Crippen LogP contribution in [0.4, 0.5) is 0 Å². The van der Waals surface area contributed by atoms with Crippen LogP contribution in [0.15, 0.2) is 40.4 Å². The van der Waals surface area contributed by atoms with Crippen LogP contribution in [0.5, 0.6) is 0 Å². The van der Waals surface area contributed by atoms with E-state index in [0.29, 0.717) is 6.04 Å². The summed E-state index contributed by atoms with van der Waals surface area (Å²) in [4.78, 5) is 5.42. The van der Waals surface area contributed by atoms with E-state index >= 15 is 0 Å². The Bertz CT molecular complexity index is 441. The number of nitrogens with zero attached hydrogens (tertiary/aromatic N) is 1. The Hall–Kier alpha value is -0.710. The van der Waals surface area contributed by atoms with Crippen LogP contribution in [0.25, 0.3) is 0 Å². The maximum Gasteiger partial charge on any atom is 0.0367 e. The summed E-state index contributed by atoms with van der Waals surface area (Å²) in [6, 6.07) is 6.65. The van der Waals surface area contributed by atoms with Crippen molar-refractivity contribution < 1.29 is 0 Å². The van der Waals surface area contributed by atoms with E-state index < -0.39 is 0 Å². The van der Waals surface area contributed by atoms with E-state index in [9.17, 15) is 0 Å². The SMILES string of the molecule is CNC(Cc1cc(Br)cs1)c1ccncc1. The van der Waals surface area contributed by atoms with E-state index in [1.54, 1.807) is 11.3 Å². The summed E-state index contributed by atoms with van der Waals surface area (Å²) < 4.78 is 1.16.